The number of nitrogens with zero attached hydrogens (tertiary/aromatic N) is 2. The van der Waals surface area contributed by atoms with Crippen molar-refractivity contribution in [3.8, 4) is 17.6 Å². The van der Waals surface area contributed by atoms with Gasteiger partial charge in [-0.15, -0.1) is 0 Å². The summed E-state index contributed by atoms with van der Waals surface area (Å²) in [4.78, 5) is 13.3. The fourth-order valence-corrected chi connectivity index (χ4v) is 1.55. The normalized spacial score (nSPS) is 10.1. The lowest BCUT2D eigenvalue weighted by Gasteiger charge is -2.12. The standard InChI is InChI=1S/C15H18N2O3/c1-17(8-4-7-16)15(18)6-5-12-9-13(19-2)11-14(10-12)20-3/h5-6,9-11H,4,8H2,1-3H3/b6-5+. The zero-order valence-electron chi connectivity index (χ0n) is 11.9. The van der Waals surface area contributed by atoms with Gasteiger partial charge in [-0.25, -0.2) is 0 Å². The Kier molecular flexibility index (Phi) is 6.11. The van der Waals surface area contributed by atoms with Crippen molar-refractivity contribution >= 4 is 12.0 Å². The molecule has 0 aromatic heterocycles. The molecule has 0 radical (unpaired) electrons. The van der Waals surface area contributed by atoms with Crippen LogP contribution in [0.2, 0.25) is 0 Å². The summed E-state index contributed by atoms with van der Waals surface area (Å²) >= 11 is 0. The molecule has 0 heterocycles. The molecule has 1 aromatic carbocycles. The van der Waals surface area contributed by atoms with Crippen LogP contribution in [0.5, 0.6) is 11.5 Å². The van der Waals surface area contributed by atoms with Crippen molar-refractivity contribution < 1.29 is 14.3 Å². The summed E-state index contributed by atoms with van der Waals surface area (Å²) in [5.74, 6) is 1.17. The molecular weight excluding hydrogens is 256 g/mol. The van der Waals surface area contributed by atoms with Gasteiger partial charge in [-0.3, -0.25) is 4.79 Å². The van der Waals surface area contributed by atoms with Gasteiger partial charge in [0.05, 0.1) is 26.7 Å². The van der Waals surface area contributed by atoms with Gasteiger partial charge in [-0.05, 0) is 23.8 Å². The molecule has 20 heavy (non-hydrogen) atoms. The van der Waals surface area contributed by atoms with Gasteiger partial charge in [0.2, 0.25) is 5.91 Å². The summed E-state index contributed by atoms with van der Waals surface area (Å²) in [5.41, 5.74) is 0.809. The van der Waals surface area contributed by atoms with E-state index in [0.29, 0.717) is 24.5 Å². The summed E-state index contributed by atoms with van der Waals surface area (Å²) < 4.78 is 10.3. The first kappa shape index (κ1) is 15.6. The van der Waals surface area contributed by atoms with Crippen LogP contribution >= 0.6 is 0 Å². The number of nitriles is 1. The van der Waals surface area contributed by atoms with Gasteiger partial charge in [0, 0.05) is 25.7 Å². The third-order valence-electron chi connectivity index (χ3n) is 2.73. The van der Waals surface area contributed by atoms with Gasteiger partial charge >= 0.3 is 0 Å². The van der Waals surface area contributed by atoms with Gasteiger partial charge < -0.3 is 14.4 Å². The van der Waals surface area contributed by atoms with Crippen LogP contribution in [0.1, 0.15) is 12.0 Å². The second-order valence-electron chi connectivity index (χ2n) is 4.15. The van der Waals surface area contributed by atoms with E-state index in [9.17, 15) is 4.79 Å². The van der Waals surface area contributed by atoms with Crippen LogP contribution < -0.4 is 9.47 Å². The number of ether oxygens (including phenoxy) is 2. The highest BCUT2D eigenvalue weighted by Gasteiger charge is 2.04. The predicted molar refractivity (Wildman–Crippen MR) is 76.4 cm³/mol. The summed E-state index contributed by atoms with van der Waals surface area (Å²) in [7, 11) is 4.81. The molecule has 0 saturated carbocycles. The van der Waals surface area contributed by atoms with E-state index in [1.165, 1.54) is 11.0 Å². The van der Waals surface area contributed by atoms with Crippen LogP contribution in [0.4, 0.5) is 0 Å². The van der Waals surface area contributed by atoms with Crippen molar-refractivity contribution in [2.75, 3.05) is 27.8 Å². The quantitative estimate of drug-likeness (QED) is 0.745. The van der Waals surface area contributed by atoms with Crippen LogP contribution in [0.15, 0.2) is 24.3 Å². The van der Waals surface area contributed by atoms with Crippen molar-refractivity contribution in [3.63, 3.8) is 0 Å². The largest absolute Gasteiger partial charge is 0.497 e. The first-order chi connectivity index (χ1) is 9.60. The number of carbonyl (C=O) groups is 1. The van der Waals surface area contributed by atoms with Crippen LogP contribution in [-0.2, 0) is 4.79 Å². The van der Waals surface area contributed by atoms with Crippen LogP contribution in [0.25, 0.3) is 6.08 Å². The molecule has 0 bridgehead atoms. The number of likely N-dealkylation sites (N-methyl/N-ethyl adjacent to an activating group) is 1. The Morgan fingerprint density at radius 1 is 1.30 bits per heavy atom. The number of hydrogen-bond acceptors (Lipinski definition) is 4. The molecule has 0 fully saturated rings. The Morgan fingerprint density at radius 2 is 1.90 bits per heavy atom. The number of methoxy groups -OCH3 is 2. The number of rotatable bonds is 6. The minimum atomic E-state index is -0.151. The average molecular weight is 274 g/mol. The van der Waals surface area contributed by atoms with Crippen molar-refractivity contribution in [1.82, 2.24) is 4.90 Å². The molecule has 106 valence electrons. The fraction of sp³-hybridized carbons (Fsp3) is 0.333. The average Bonchev–Trinajstić information content (AvgIpc) is 2.49. The Morgan fingerprint density at radius 3 is 2.40 bits per heavy atom. The minimum Gasteiger partial charge on any atom is -0.497 e. The number of carbonyl (C=O) groups excluding carboxylic acids is 1. The molecule has 0 unspecified atom stereocenters. The van der Waals surface area contributed by atoms with Gasteiger partial charge in [-0.1, -0.05) is 0 Å². The molecule has 0 aliphatic carbocycles. The summed E-state index contributed by atoms with van der Waals surface area (Å²) in [6.07, 6.45) is 3.48. The maximum Gasteiger partial charge on any atom is 0.246 e. The Bertz CT molecular complexity index is 510. The molecule has 1 aromatic rings. The van der Waals surface area contributed by atoms with Gasteiger partial charge in [0.1, 0.15) is 11.5 Å². The van der Waals surface area contributed by atoms with E-state index in [4.69, 9.17) is 14.7 Å². The minimum absolute atomic E-state index is 0.151. The number of hydrogen-bond donors (Lipinski definition) is 0. The molecule has 1 rings (SSSR count). The maximum atomic E-state index is 11.8. The lowest BCUT2D eigenvalue weighted by atomic mass is 10.2. The number of amides is 1. The third kappa shape index (κ3) is 4.65. The van der Waals surface area contributed by atoms with E-state index in [1.54, 1.807) is 33.4 Å². The summed E-state index contributed by atoms with van der Waals surface area (Å²) in [6.45, 7) is 0.418. The summed E-state index contributed by atoms with van der Waals surface area (Å²) in [6, 6.07) is 7.38. The van der Waals surface area contributed by atoms with E-state index in [1.807, 2.05) is 18.2 Å². The highest BCUT2D eigenvalue weighted by molar-refractivity contribution is 5.91. The van der Waals surface area contributed by atoms with Crippen molar-refractivity contribution in [2.45, 2.75) is 6.42 Å². The van der Waals surface area contributed by atoms with Crippen LogP contribution in [0.3, 0.4) is 0 Å². The van der Waals surface area contributed by atoms with Crippen molar-refractivity contribution in [2.24, 2.45) is 0 Å². The van der Waals surface area contributed by atoms with Crippen molar-refractivity contribution in [1.29, 1.82) is 5.26 Å². The fourth-order valence-electron chi connectivity index (χ4n) is 1.55. The second-order valence-corrected chi connectivity index (χ2v) is 4.15. The van der Waals surface area contributed by atoms with E-state index >= 15 is 0 Å². The van der Waals surface area contributed by atoms with Crippen molar-refractivity contribution in [3.05, 3.63) is 29.8 Å². The molecule has 0 atom stereocenters. The highest BCUT2D eigenvalue weighted by atomic mass is 16.5. The molecule has 0 aliphatic heterocycles. The van der Waals surface area contributed by atoms with E-state index in [2.05, 4.69) is 0 Å². The zero-order chi connectivity index (χ0) is 15.0. The smallest absolute Gasteiger partial charge is 0.246 e. The van der Waals surface area contributed by atoms with Crippen LogP contribution in [-0.4, -0.2) is 38.6 Å². The molecule has 5 nitrogen and oxygen atoms in total. The first-order valence-corrected chi connectivity index (χ1v) is 6.14. The van der Waals surface area contributed by atoms with E-state index < -0.39 is 0 Å². The lowest BCUT2D eigenvalue weighted by Crippen LogP contribution is -2.25. The van der Waals surface area contributed by atoms with Gasteiger partial charge in [0.25, 0.3) is 0 Å². The lowest BCUT2D eigenvalue weighted by molar-refractivity contribution is -0.124. The SMILES string of the molecule is COc1cc(/C=C/C(=O)N(C)CCC#N)cc(OC)c1. The third-order valence-corrected chi connectivity index (χ3v) is 2.73. The Labute approximate surface area is 119 Å². The Hall–Kier alpha value is -2.48. The van der Waals surface area contributed by atoms with Gasteiger partial charge in [-0.2, -0.15) is 5.26 Å². The topological polar surface area (TPSA) is 62.6 Å². The Balaban J connectivity index is 2.79. The molecule has 0 spiro atoms. The summed E-state index contributed by atoms with van der Waals surface area (Å²) in [5, 5.41) is 8.49. The zero-order valence-corrected chi connectivity index (χ0v) is 11.9. The number of benzene rings is 1. The monoisotopic (exact) mass is 274 g/mol. The molecular formula is C15H18N2O3. The molecule has 5 heteroatoms. The molecule has 0 saturated heterocycles. The molecule has 0 aliphatic rings. The molecule has 0 N–H and O–H groups in total. The first-order valence-electron chi connectivity index (χ1n) is 6.14. The van der Waals surface area contributed by atoms with E-state index in [-0.39, 0.29) is 5.91 Å². The van der Waals surface area contributed by atoms with E-state index in [0.717, 1.165) is 5.56 Å². The maximum absolute atomic E-state index is 11.8. The second kappa shape index (κ2) is 7.85. The van der Waals surface area contributed by atoms with Crippen LogP contribution in [0, 0.1) is 11.3 Å². The predicted octanol–water partition coefficient (Wildman–Crippen LogP) is 2.09. The highest BCUT2D eigenvalue weighted by Crippen LogP contribution is 2.23. The molecule has 1 amide bonds. The van der Waals surface area contributed by atoms with Gasteiger partial charge in [0.15, 0.2) is 0 Å².